The zero-order valence-corrected chi connectivity index (χ0v) is 5.79. The summed E-state index contributed by atoms with van der Waals surface area (Å²) in [6, 6.07) is 0. The smallest absolute Gasteiger partial charge is 0.230 e. The lowest BCUT2D eigenvalue weighted by atomic mass is 10.6. The van der Waals surface area contributed by atoms with Crippen molar-refractivity contribution in [3.8, 4) is 0 Å². The maximum absolute atomic E-state index is 5.10. The molecule has 2 atom stereocenters. The van der Waals surface area contributed by atoms with Crippen molar-refractivity contribution in [2.75, 3.05) is 13.7 Å². The van der Waals surface area contributed by atoms with Gasteiger partial charge in [0.05, 0.1) is 6.21 Å². The summed E-state index contributed by atoms with van der Waals surface area (Å²) < 4.78 is 5.10. The monoisotopic (exact) mass is 140 g/mol. The molecule has 2 N–H and O–H groups in total. The van der Waals surface area contributed by atoms with Crippen LogP contribution in [0.2, 0.25) is 0 Å². The second-order valence-electron chi connectivity index (χ2n) is 2.38. The Labute approximate surface area is 59.2 Å². The number of rotatable bonds is 1. The van der Waals surface area contributed by atoms with E-state index in [0.717, 1.165) is 17.4 Å². The first-order valence-electron chi connectivity index (χ1n) is 3.30. The number of nitrogens with zero attached hydrogens (tertiary/aromatic N) is 1. The van der Waals surface area contributed by atoms with Crippen LogP contribution in [0.5, 0.6) is 0 Å². The summed E-state index contributed by atoms with van der Waals surface area (Å²) in [6.07, 6.45) is 3.91. The van der Waals surface area contributed by atoms with Gasteiger partial charge in [0, 0.05) is 13.2 Å². The van der Waals surface area contributed by atoms with Crippen molar-refractivity contribution in [2.45, 2.75) is 6.23 Å². The van der Waals surface area contributed by atoms with Crippen molar-refractivity contribution >= 4 is 6.21 Å². The molecule has 1 fully saturated rings. The van der Waals surface area contributed by atoms with Gasteiger partial charge in [-0.25, -0.2) is 0 Å². The molecule has 0 spiro atoms. The maximum Gasteiger partial charge on any atom is 0.230 e. The van der Waals surface area contributed by atoms with Gasteiger partial charge in [-0.1, -0.05) is 5.10 Å². The Bertz CT molecular complexity index is 199. The molecule has 1 saturated heterocycles. The SMILES string of the molecule is COC1C[NH+]2N=CC=C2N1. The predicted octanol–water partition coefficient (Wildman–Crippen LogP) is -1.71. The number of allylic oxidation sites excluding steroid dienone is 1. The Hall–Kier alpha value is -0.870. The van der Waals surface area contributed by atoms with E-state index in [9.17, 15) is 0 Å². The molecule has 0 aromatic carbocycles. The van der Waals surface area contributed by atoms with Crippen molar-refractivity contribution < 1.29 is 9.75 Å². The molecule has 2 heterocycles. The lowest BCUT2D eigenvalue weighted by molar-refractivity contribution is -0.857. The molecule has 0 bridgehead atoms. The van der Waals surface area contributed by atoms with Crippen LogP contribution in [0, 0.1) is 0 Å². The number of nitrogens with one attached hydrogen (secondary N) is 2. The first-order valence-corrected chi connectivity index (χ1v) is 3.30. The van der Waals surface area contributed by atoms with Crippen LogP contribution in [0.3, 0.4) is 0 Å². The van der Waals surface area contributed by atoms with E-state index in [1.807, 2.05) is 12.3 Å². The van der Waals surface area contributed by atoms with E-state index in [2.05, 4.69) is 10.4 Å². The lowest BCUT2D eigenvalue weighted by Gasteiger charge is -2.01. The summed E-state index contributed by atoms with van der Waals surface area (Å²) in [4.78, 5) is 0. The van der Waals surface area contributed by atoms with Crippen molar-refractivity contribution in [3.05, 3.63) is 11.9 Å². The van der Waals surface area contributed by atoms with Gasteiger partial charge in [0.1, 0.15) is 0 Å². The second-order valence-corrected chi connectivity index (χ2v) is 2.38. The van der Waals surface area contributed by atoms with Crippen LogP contribution >= 0.6 is 0 Å². The van der Waals surface area contributed by atoms with Gasteiger partial charge in [-0.3, -0.25) is 0 Å². The number of fused-ring (bicyclic) bond motifs is 1. The summed E-state index contributed by atoms with van der Waals surface area (Å²) in [5.74, 6) is 1.12. The first kappa shape index (κ1) is 5.88. The van der Waals surface area contributed by atoms with Crippen LogP contribution in [-0.2, 0) is 4.74 Å². The molecule has 0 aromatic heterocycles. The predicted molar refractivity (Wildman–Crippen MR) is 36.3 cm³/mol. The van der Waals surface area contributed by atoms with Crippen molar-refractivity contribution in [2.24, 2.45) is 5.10 Å². The Balaban J connectivity index is 2.08. The molecule has 0 aromatic rings. The third-order valence-electron chi connectivity index (χ3n) is 1.76. The van der Waals surface area contributed by atoms with E-state index in [4.69, 9.17) is 4.74 Å². The fourth-order valence-electron chi connectivity index (χ4n) is 1.20. The van der Waals surface area contributed by atoms with Crippen molar-refractivity contribution in [1.82, 2.24) is 5.32 Å². The highest BCUT2D eigenvalue weighted by atomic mass is 16.5. The van der Waals surface area contributed by atoms with Gasteiger partial charge in [0.2, 0.25) is 5.82 Å². The van der Waals surface area contributed by atoms with Crippen LogP contribution in [-0.4, -0.2) is 26.1 Å². The molecule has 0 radical (unpaired) electrons. The molecule has 0 saturated carbocycles. The molecule has 2 aliphatic rings. The summed E-state index contributed by atoms with van der Waals surface area (Å²) in [6.45, 7) is 0.888. The highest BCUT2D eigenvalue weighted by Gasteiger charge is 2.32. The summed E-state index contributed by atoms with van der Waals surface area (Å²) >= 11 is 0. The summed E-state index contributed by atoms with van der Waals surface area (Å²) in [7, 11) is 1.70. The number of quaternary nitrogens is 1. The fraction of sp³-hybridized carbons (Fsp3) is 0.500. The maximum atomic E-state index is 5.10. The number of hydrogen-bond donors (Lipinski definition) is 2. The molecule has 2 unspecified atom stereocenters. The topological polar surface area (TPSA) is 38.1 Å². The summed E-state index contributed by atoms with van der Waals surface area (Å²) in [5.41, 5.74) is 0. The minimum absolute atomic E-state index is 0.138. The number of methoxy groups -OCH3 is 1. The second kappa shape index (κ2) is 2.07. The standard InChI is InChI=1S/C6H9N3O/c1-10-6-4-9-5(8-6)2-3-7-9/h2-3,6,8H,4H2,1H3/p+1. The zero-order chi connectivity index (χ0) is 6.97. The molecule has 4 heteroatoms. The largest absolute Gasteiger partial charge is 0.356 e. The van der Waals surface area contributed by atoms with Gasteiger partial charge < -0.3 is 10.1 Å². The summed E-state index contributed by atoms with van der Waals surface area (Å²) in [5, 5.41) is 8.45. The van der Waals surface area contributed by atoms with E-state index < -0.39 is 0 Å². The molecule has 0 amide bonds. The van der Waals surface area contributed by atoms with Gasteiger partial charge in [-0.2, -0.15) is 5.01 Å². The molecule has 2 rings (SSSR count). The van der Waals surface area contributed by atoms with Gasteiger partial charge in [0.25, 0.3) is 0 Å². The van der Waals surface area contributed by atoms with Gasteiger partial charge in [0.15, 0.2) is 12.8 Å². The quantitative estimate of drug-likeness (QED) is 0.455. The first-order chi connectivity index (χ1) is 4.90. The normalized spacial score (nSPS) is 35.5. The Morgan fingerprint density at radius 2 is 2.80 bits per heavy atom. The van der Waals surface area contributed by atoms with E-state index in [1.54, 1.807) is 7.11 Å². The minimum Gasteiger partial charge on any atom is -0.356 e. The van der Waals surface area contributed by atoms with Crippen LogP contribution in [0.1, 0.15) is 0 Å². The third kappa shape index (κ3) is 0.732. The third-order valence-corrected chi connectivity index (χ3v) is 1.76. The van der Waals surface area contributed by atoms with E-state index >= 15 is 0 Å². The van der Waals surface area contributed by atoms with E-state index in [-0.39, 0.29) is 6.23 Å². The van der Waals surface area contributed by atoms with Crippen LogP contribution in [0.15, 0.2) is 17.0 Å². The Morgan fingerprint density at radius 3 is 3.50 bits per heavy atom. The average Bonchev–Trinajstić information content (AvgIpc) is 2.42. The molecule has 4 nitrogen and oxygen atoms in total. The molecular weight excluding hydrogens is 130 g/mol. The minimum atomic E-state index is 0.138. The zero-order valence-electron chi connectivity index (χ0n) is 5.79. The van der Waals surface area contributed by atoms with E-state index in [1.165, 1.54) is 0 Å². The molecule has 10 heavy (non-hydrogen) atoms. The van der Waals surface area contributed by atoms with Crippen LogP contribution in [0.4, 0.5) is 0 Å². The highest BCUT2D eigenvalue weighted by molar-refractivity contribution is 5.72. The van der Waals surface area contributed by atoms with Crippen LogP contribution < -0.4 is 10.3 Å². The lowest BCUT2D eigenvalue weighted by Crippen LogP contribution is -3.03. The average molecular weight is 140 g/mol. The van der Waals surface area contributed by atoms with Gasteiger partial charge >= 0.3 is 0 Å². The molecule has 54 valence electrons. The van der Waals surface area contributed by atoms with E-state index in [0.29, 0.717) is 0 Å². The Kier molecular flexibility index (Phi) is 1.22. The molecular formula is C6H10N3O+. The Morgan fingerprint density at radius 1 is 1.90 bits per heavy atom. The molecule has 0 aliphatic carbocycles. The van der Waals surface area contributed by atoms with Gasteiger partial charge in [-0.05, 0) is 0 Å². The molecule has 2 aliphatic heterocycles. The highest BCUT2D eigenvalue weighted by Crippen LogP contribution is 1.95. The number of hydrogen-bond acceptors (Lipinski definition) is 3. The fourth-order valence-corrected chi connectivity index (χ4v) is 1.20. The van der Waals surface area contributed by atoms with Crippen LogP contribution in [0.25, 0.3) is 0 Å². The number of ether oxygens (including phenoxy) is 1. The van der Waals surface area contributed by atoms with Gasteiger partial charge in [-0.15, -0.1) is 0 Å². The van der Waals surface area contributed by atoms with Crippen molar-refractivity contribution in [3.63, 3.8) is 0 Å². The van der Waals surface area contributed by atoms with Crippen molar-refractivity contribution in [1.29, 1.82) is 0 Å².